The van der Waals surface area contributed by atoms with Crippen molar-refractivity contribution in [1.29, 1.82) is 0 Å². The van der Waals surface area contributed by atoms with Gasteiger partial charge in [-0.2, -0.15) is 0 Å². The molecule has 0 atom stereocenters. The number of thioether (sulfide) groups is 1. The first-order valence-electron chi connectivity index (χ1n) is 7.23. The second-order valence-corrected chi connectivity index (χ2v) is 6.99. The number of benzene rings is 2. The zero-order valence-corrected chi connectivity index (χ0v) is 15.0. The van der Waals surface area contributed by atoms with E-state index in [0.717, 1.165) is 10.5 Å². The summed E-state index contributed by atoms with van der Waals surface area (Å²) >= 11 is 13.1. The highest BCUT2D eigenvalue weighted by atomic mass is 35.5. The molecule has 0 heterocycles. The molecule has 0 fully saturated rings. The molecule has 2 N–H and O–H groups in total. The first kappa shape index (κ1) is 18.6. The van der Waals surface area contributed by atoms with E-state index in [0.29, 0.717) is 22.2 Å². The van der Waals surface area contributed by atoms with E-state index in [2.05, 4.69) is 10.9 Å². The number of hydrogen-bond acceptors (Lipinski definition) is 3. The van der Waals surface area contributed by atoms with Gasteiger partial charge in [-0.25, -0.2) is 0 Å². The lowest BCUT2D eigenvalue weighted by Crippen LogP contribution is -2.42. The van der Waals surface area contributed by atoms with Gasteiger partial charge >= 0.3 is 0 Å². The second-order valence-electron chi connectivity index (χ2n) is 4.95. The minimum Gasteiger partial charge on any atom is -0.273 e. The summed E-state index contributed by atoms with van der Waals surface area (Å²) in [5.41, 5.74) is 5.64. The maximum Gasteiger partial charge on any atom is 0.242 e. The molecule has 0 aliphatic rings. The summed E-state index contributed by atoms with van der Waals surface area (Å²) in [6.45, 7) is 0. The molecule has 7 heteroatoms. The van der Waals surface area contributed by atoms with E-state index >= 15 is 0 Å². The van der Waals surface area contributed by atoms with Crippen LogP contribution in [-0.2, 0) is 16.0 Å². The fraction of sp³-hybridized carbons (Fsp3) is 0.176. The normalized spacial score (nSPS) is 10.2. The third-order valence-corrected chi connectivity index (χ3v) is 4.55. The Morgan fingerprint density at radius 2 is 1.38 bits per heavy atom. The Morgan fingerprint density at radius 1 is 0.833 bits per heavy atom. The van der Waals surface area contributed by atoms with E-state index < -0.39 is 0 Å². The number of rotatable bonds is 6. The second kappa shape index (κ2) is 9.57. The molecular weight excluding hydrogens is 367 g/mol. The quantitative estimate of drug-likeness (QED) is 0.588. The molecule has 0 bridgehead atoms. The van der Waals surface area contributed by atoms with Crippen LogP contribution in [0.2, 0.25) is 10.0 Å². The summed E-state index contributed by atoms with van der Waals surface area (Å²) in [7, 11) is 0. The van der Waals surface area contributed by atoms with Gasteiger partial charge in [0.1, 0.15) is 0 Å². The average molecular weight is 383 g/mol. The van der Waals surface area contributed by atoms with Gasteiger partial charge in [0.25, 0.3) is 0 Å². The summed E-state index contributed by atoms with van der Waals surface area (Å²) < 4.78 is 0. The van der Waals surface area contributed by atoms with Gasteiger partial charge in [-0.3, -0.25) is 20.4 Å². The number of halogens is 2. The molecule has 2 aromatic carbocycles. The Kier molecular flexibility index (Phi) is 7.43. The van der Waals surface area contributed by atoms with Crippen LogP contribution in [0.15, 0.2) is 53.4 Å². The topological polar surface area (TPSA) is 58.2 Å². The monoisotopic (exact) mass is 382 g/mol. The molecule has 0 aliphatic carbocycles. The number of hydrazine groups is 1. The molecule has 0 aromatic heterocycles. The molecule has 0 aliphatic heterocycles. The van der Waals surface area contributed by atoms with Gasteiger partial charge in [0, 0.05) is 27.1 Å². The van der Waals surface area contributed by atoms with Crippen molar-refractivity contribution in [2.75, 3.05) is 5.75 Å². The van der Waals surface area contributed by atoms with Crippen LogP contribution in [0.25, 0.3) is 0 Å². The van der Waals surface area contributed by atoms with Crippen LogP contribution >= 0.6 is 35.0 Å². The maximum atomic E-state index is 11.8. The number of carbonyl (C=O) groups is 2. The van der Waals surface area contributed by atoms with Crippen molar-refractivity contribution in [2.45, 2.75) is 17.7 Å². The minimum atomic E-state index is -0.281. The molecule has 2 rings (SSSR count). The molecule has 0 saturated heterocycles. The van der Waals surface area contributed by atoms with E-state index in [9.17, 15) is 9.59 Å². The van der Waals surface area contributed by atoms with Crippen LogP contribution in [0, 0.1) is 0 Å². The fourth-order valence-corrected chi connectivity index (χ4v) is 2.93. The predicted molar refractivity (Wildman–Crippen MR) is 98.2 cm³/mol. The summed E-state index contributed by atoms with van der Waals surface area (Å²) in [4.78, 5) is 24.5. The van der Waals surface area contributed by atoms with Crippen LogP contribution < -0.4 is 10.9 Å². The molecule has 0 radical (unpaired) electrons. The van der Waals surface area contributed by atoms with Crippen molar-refractivity contribution >= 4 is 46.8 Å². The third-order valence-electron chi connectivity index (χ3n) is 3.03. The standard InChI is InChI=1S/C17H16Cl2N2O2S/c18-13-3-1-12(2-4-13)11-17(23)21-20-16(22)9-10-24-15-7-5-14(19)6-8-15/h1-8H,9-11H2,(H,20,22)(H,21,23). The Balaban J connectivity index is 1.64. The number of hydrogen-bond donors (Lipinski definition) is 2. The highest BCUT2D eigenvalue weighted by Gasteiger charge is 2.06. The fourth-order valence-electron chi connectivity index (χ4n) is 1.83. The van der Waals surface area contributed by atoms with Crippen LogP contribution in [0.3, 0.4) is 0 Å². The van der Waals surface area contributed by atoms with E-state index in [1.54, 1.807) is 48.2 Å². The highest BCUT2D eigenvalue weighted by molar-refractivity contribution is 7.99. The van der Waals surface area contributed by atoms with Crippen molar-refractivity contribution in [3.63, 3.8) is 0 Å². The largest absolute Gasteiger partial charge is 0.273 e. The first-order chi connectivity index (χ1) is 11.5. The molecule has 126 valence electrons. The molecule has 0 spiro atoms. The van der Waals surface area contributed by atoms with E-state index in [-0.39, 0.29) is 18.2 Å². The molecule has 2 aromatic rings. The zero-order chi connectivity index (χ0) is 17.4. The third kappa shape index (κ3) is 6.83. The Labute approximate surface area is 154 Å². The Morgan fingerprint density at radius 3 is 2.00 bits per heavy atom. The summed E-state index contributed by atoms with van der Waals surface area (Å²) in [6, 6.07) is 14.4. The lowest BCUT2D eigenvalue weighted by molar-refractivity contribution is -0.128. The molecule has 2 amide bonds. The number of amides is 2. The van der Waals surface area contributed by atoms with E-state index in [1.807, 2.05) is 12.1 Å². The van der Waals surface area contributed by atoms with Crippen molar-refractivity contribution in [3.8, 4) is 0 Å². The van der Waals surface area contributed by atoms with Gasteiger partial charge in [-0.15, -0.1) is 11.8 Å². The van der Waals surface area contributed by atoms with Crippen LogP contribution in [-0.4, -0.2) is 17.6 Å². The Bertz CT molecular complexity index is 691. The molecule has 0 saturated carbocycles. The summed E-state index contributed by atoms with van der Waals surface area (Å²) in [6.07, 6.45) is 0.478. The minimum absolute atomic E-state index is 0.178. The average Bonchev–Trinajstić information content (AvgIpc) is 2.57. The van der Waals surface area contributed by atoms with Crippen molar-refractivity contribution < 1.29 is 9.59 Å². The summed E-state index contributed by atoms with van der Waals surface area (Å²) in [5.74, 6) is 0.0949. The first-order valence-corrected chi connectivity index (χ1v) is 8.97. The van der Waals surface area contributed by atoms with E-state index in [4.69, 9.17) is 23.2 Å². The van der Waals surface area contributed by atoms with Gasteiger partial charge in [-0.1, -0.05) is 35.3 Å². The lowest BCUT2D eigenvalue weighted by Gasteiger charge is -2.07. The van der Waals surface area contributed by atoms with Crippen LogP contribution in [0.4, 0.5) is 0 Å². The van der Waals surface area contributed by atoms with Crippen LogP contribution in [0.5, 0.6) is 0 Å². The molecule has 24 heavy (non-hydrogen) atoms. The number of nitrogens with one attached hydrogen (secondary N) is 2. The Hall–Kier alpha value is -1.69. The van der Waals surface area contributed by atoms with Gasteiger partial charge in [-0.05, 0) is 42.0 Å². The predicted octanol–water partition coefficient (Wildman–Crippen LogP) is 3.87. The van der Waals surface area contributed by atoms with Gasteiger partial charge in [0.05, 0.1) is 6.42 Å². The van der Waals surface area contributed by atoms with Gasteiger partial charge < -0.3 is 0 Å². The van der Waals surface area contributed by atoms with Crippen molar-refractivity contribution in [1.82, 2.24) is 10.9 Å². The number of carbonyl (C=O) groups excluding carboxylic acids is 2. The highest BCUT2D eigenvalue weighted by Crippen LogP contribution is 2.20. The molecule has 4 nitrogen and oxygen atoms in total. The van der Waals surface area contributed by atoms with Crippen molar-refractivity contribution in [2.24, 2.45) is 0 Å². The zero-order valence-electron chi connectivity index (χ0n) is 12.7. The van der Waals surface area contributed by atoms with Gasteiger partial charge in [0.2, 0.25) is 11.8 Å². The maximum absolute atomic E-state index is 11.8. The van der Waals surface area contributed by atoms with Gasteiger partial charge in [0.15, 0.2) is 0 Å². The van der Waals surface area contributed by atoms with Crippen LogP contribution in [0.1, 0.15) is 12.0 Å². The molecule has 0 unspecified atom stereocenters. The molecular formula is C17H16Cl2N2O2S. The van der Waals surface area contributed by atoms with E-state index in [1.165, 1.54) is 0 Å². The SMILES string of the molecule is O=C(CCSc1ccc(Cl)cc1)NNC(=O)Cc1ccc(Cl)cc1. The lowest BCUT2D eigenvalue weighted by atomic mass is 10.1. The summed E-state index contributed by atoms with van der Waals surface area (Å²) in [5, 5.41) is 1.30. The van der Waals surface area contributed by atoms with Crippen molar-refractivity contribution in [3.05, 3.63) is 64.1 Å². The smallest absolute Gasteiger partial charge is 0.242 e.